The Kier molecular flexibility index (Phi) is 13.8. The van der Waals surface area contributed by atoms with Crippen LogP contribution in [-0.4, -0.2) is 36.5 Å². The van der Waals surface area contributed by atoms with Crippen molar-refractivity contribution in [3.8, 4) is 0 Å². The largest absolute Gasteiger partial charge is 0.466 e. The van der Waals surface area contributed by atoms with Gasteiger partial charge < -0.3 is 15.4 Å². The van der Waals surface area contributed by atoms with Gasteiger partial charge in [0.2, 0.25) is 5.91 Å². The second-order valence-corrected chi connectivity index (χ2v) is 9.98. The summed E-state index contributed by atoms with van der Waals surface area (Å²) >= 11 is 0. The first-order chi connectivity index (χ1) is 17.9. The molecule has 206 valence electrons. The number of hydrogen-bond acceptors (Lipinski definition) is 4. The predicted molar refractivity (Wildman–Crippen MR) is 149 cm³/mol. The van der Waals surface area contributed by atoms with Crippen molar-refractivity contribution in [2.45, 2.75) is 110 Å². The second-order valence-electron chi connectivity index (χ2n) is 9.98. The van der Waals surface area contributed by atoms with Crippen LogP contribution in [0.3, 0.4) is 0 Å². The Hall–Kier alpha value is -2.83. The number of hydrogen-bond donors (Lipinski definition) is 2. The van der Waals surface area contributed by atoms with Crippen LogP contribution in [0.4, 0.5) is 10.5 Å². The molecular weight excluding hydrogens is 466 g/mol. The van der Waals surface area contributed by atoms with Crippen LogP contribution >= 0.6 is 0 Å². The fourth-order valence-electron chi connectivity index (χ4n) is 4.87. The van der Waals surface area contributed by atoms with E-state index in [9.17, 15) is 14.4 Å². The topological polar surface area (TPSA) is 87.7 Å². The molecule has 1 aliphatic rings. The van der Waals surface area contributed by atoms with E-state index < -0.39 is 12.0 Å². The van der Waals surface area contributed by atoms with Crippen LogP contribution in [0.5, 0.6) is 0 Å². The summed E-state index contributed by atoms with van der Waals surface area (Å²) in [5.41, 5.74) is 2.36. The number of rotatable bonds is 17. The smallest absolute Gasteiger partial charge is 0.337 e. The third-order valence-electron chi connectivity index (χ3n) is 6.96. The monoisotopic (exact) mass is 513 g/mol. The summed E-state index contributed by atoms with van der Waals surface area (Å²) in [5.74, 6) is -0.496. The summed E-state index contributed by atoms with van der Waals surface area (Å²) in [6, 6.07) is 6.41. The van der Waals surface area contributed by atoms with Crippen LogP contribution in [0, 0.1) is 0 Å². The molecule has 0 radical (unpaired) electrons. The van der Waals surface area contributed by atoms with Crippen molar-refractivity contribution in [3.63, 3.8) is 0 Å². The Labute approximate surface area is 223 Å². The number of anilines is 1. The standard InChI is InChI=1S/C30H47N3O4/c1-5-7-8-9-10-11-12-13-14-15-16-20-26(34)31-25-19-17-18-24(22-25)28-27(29(35)37-4)23(3)33(21-6-2)30(36)32-28/h17-19,22,28H,5-16,20-21H2,1-4H3,(H,31,34)(H,32,36)/t28-/m0/s1. The summed E-state index contributed by atoms with van der Waals surface area (Å²) in [7, 11) is 1.34. The lowest BCUT2D eigenvalue weighted by Crippen LogP contribution is -2.48. The summed E-state index contributed by atoms with van der Waals surface area (Å²) in [4.78, 5) is 39.5. The van der Waals surface area contributed by atoms with Crippen molar-refractivity contribution in [2.75, 3.05) is 19.0 Å². The van der Waals surface area contributed by atoms with E-state index in [4.69, 9.17) is 4.74 Å². The molecule has 0 fully saturated rings. The van der Waals surface area contributed by atoms with Gasteiger partial charge in [-0.25, -0.2) is 9.59 Å². The number of nitrogens with one attached hydrogen (secondary N) is 2. The summed E-state index contributed by atoms with van der Waals surface area (Å²) < 4.78 is 5.03. The number of methoxy groups -OCH3 is 1. The van der Waals surface area contributed by atoms with Gasteiger partial charge in [-0.15, -0.1) is 0 Å². The Bertz CT molecular complexity index is 912. The summed E-state index contributed by atoms with van der Waals surface area (Å²) in [6.45, 7) is 6.51. The average Bonchev–Trinajstić information content (AvgIpc) is 2.89. The number of nitrogens with zero attached hydrogens (tertiary/aromatic N) is 1. The number of carbonyl (C=O) groups excluding carboxylic acids is 3. The first kappa shape index (κ1) is 30.4. The molecule has 1 heterocycles. The minimum absolute atomic E-state index is 0.0187. The molecule has 0 bridgehead atoms. The molecule has 37 heavy (non-hydrogen) atoms. The Morgan fingerprint density at radius 3 is 2.16 bits per heavy atom. The SMILES string of the molecule is CCCCCCCCCCCCCC(=O)Nc1cccc([C@@H]2NC(=O)N(CCC)C(C)=C2C(=O)OC)c1. The van der Waals surface area contributed by atoms with Gasteiger partial charge in [-0.05, 0) is 37.5 Å². The molecular formula is C30H47N3O4. The van der Waals surface area contributed by atoms with E-state index in [1.54, 1.807) is 11.8 Å². The maximum absolute atomic E-state index is 12.7. The van der Waals surface area contributed by atoms with Crippen molar-refractivity contribution in [1.82, 2.24) is 10.2 Å². The maximum Gasteiger partial charge on any atom is 0.337 e. The average molecular weight is 514 g/mol. The van der Waals surface area contributed by atoms with E-state index in [1.165, 1.54) is 64.9 Å². The molecule has 2 rings (SSSR count). The zero-order chi connectivity index (χ0) is 27.0. The molecule has 7 heteroatoms. The Morgan fingerprint density at radius 1 is 0.946 bits per heavy atom. The molecule has 2 N–H and O–H groups in total. The molecule has 0 saturated carbocycles. The third-order valence-corrected chi connectivity index (χ3v) is 6.96. The highest BCUT2D eigenvalue weighted by molar-refractivity contribution is 5.95. The molecule has 0 aromatic heterocycles. The van der Waals surface area contributed by atoms with Gasteiger partial charge >= 0.3 is 12.0 Å². The number of unbranched alkanes of at least 4 members (excludes halogenated alkanes) is 10. The van der Waals surface area contributed by atoms with E-state index in [1.807, 2.05) is 31.2 Å². The van der Waals surface area contributed by atoms with E-state index in [0.29, 0.717) is 29.9 Å². The van der Waals surface area contributed by atoms with E-state index in [2.05, 4.69) is 17.6 Å². The van der Waals surface area contributed by atoms with Crippen LogP contribution in [-0.2, 0) is 14.3 Å². The van der Waals surface area contributed by atoms with Crippen LogP contribution < -0.4 is 10.6 Å². The minimum atomic E-state index is -0.642. The number of ether oxygens (including phenoxy) is 1. The van der Waals surface area contributed by atoms with Gasteiger partial charge in [-0.2, -0.15) is 0 Å². The molecule has 0 spiro atoms. The molecule has 3 amide bonds. The zero-order valence-corrected chi connectivity index (χ0v) is 23.4. The lowest BCUT2D eigenvalue weighted by atomic mass is 9.94. The van der Waals surface area contributed by atoms with Gasteiger partial charge in [0.25, 0.3) is 0 Å². The van der Waals surface area contributed by atoms with Gasteiger partial charge in [0.05, 0.1) is 18.7 Å². The van der Waals surface area contributed by atoms with Gasteiger partial charge in [-0.1, -0.05) is 90.2 Å². The van der Waals surface area contributed by atoms with Gasteiger partial charge in [0.15, 0.2) is 0 Å². The quantitative estimate of drug-likeness (QED) is 0.170. The van der Waals surface area contributed by atoms with Crippen molar-refractivity contribution in [2.24, 2.45) is 0 Å². The van der Waals surface area contributed by atoms with Crippen molar-refractivity contribution < 1.29 is 19.1 Å². The molecule has 1 atom stereocenters. The maximum atomic E-state index is 12.7. The van der Waals surface area contributed by atoms with E-state index >= 15 is 0 Å². The van der Waals surface area contributed by atoms with Gasteiger partial charge in [0.1, 0.15) is 0 Å². The molecule has 1 aliphatic heterocycles. The van der Waals surface area contributed by atoms with Crippen LogP contribution in [0.2, 0.25) is 0 Å². The predicted octanol–water partition coefficient (Wildman–Crippen LogP) is 7.25. The van der Waals surface area contributed by atoms with Gasteiger partial charge in [0, 0.05) is 24.4 Å². The molecule has 0 aliphatic carbocycles. The summed E-state index contributed by atoms with van der Waals surface area (Å²) in [5, 5.41) is 5.91. The number of allylic oxidation sites excluding steroid dienone is 1. The number of esters is 1. The minimum Gasteiger partial charge on any atom is -0.466 e. The fourth-order valence-corrected chi connectivity index (χ4v) is 4.87. The van der Waals surface area contributed by atoms with Crippen LogP contribution in [0.1, 0.15) is 116 Å². The van der Waals surface area contributed by atoms with Crippen LogP contribution in [0.15, 0.2) is 35.5 Å². The molecule has 1 aromatic rings. The van der Waals surface area contributed by atoms with E-state index in [0.717, 1.165) is 24.8 Å². The van der Waals surface area contributed by atoms with Crippen molar-refractivity contribution in [1.29, 1.82) is 0 Å². The number of amides is 3. The normalized spacial score (nSPS) is 15.5. The highest BCUT2D eigenvalue weighted by Gasteiger charge is 2.36. The van der Waals surface area contributed by atoms with E-state index in [-0.39, 0.29) is 11.9 Å². The van der Waals surface area contributed by atoms with Crippen LogP contribution in [0.25, 0.3) is 0 Å². The first-order valence-corrected chi connectivity index (χ1v) is 14.2. The lowest BCUT2D eigenvalue weighted by Gasteiger charge is -2.35. The fraction of sp³-hybridized carbons (Fsp3) is 0.633. The highest BCUT2D eigenvalue weighted by Crippen LogP contribution is 2.32. The zero-order valence-electron chi connectivity index (χ0n) is 23.4. The Balaban J connectivity index is 1.86. The summed E-state index contributed by atoms with van der Waals surface area (Å²) in [6.07, 6.45) is 15.0. The molecule has 1 aromatic carbocycles. The second kappa shape index (κ2) is 16.8. The number of benzene rings is 1. The Morgan fingerprint density at radius 2 is 1.57 bits per heavy atom. The number of carbonyl (C=O) groups is 3. The molecule has 7 nitrogen and oxygen atoms in total. The highest BCUT2D eigenvalue weighted by atomic mass is 16.5. The van der Waals surface area contributed by atoms with Gasteiger partial charge in [-0.3, -0.25) is 9.69 Å². The van der Waals surface area contributed by atoms with Crippen molar-refractivity contribution in [3.05, 3.63) is 41.1 Å². The van der Waals surface area contributed by atoms with Crippen molar-refractivity contribution >= 4 is 23.6 Å². The number of urea groups is 1. The molecule has 0 unspecified atom stereocenters. The first-order valence-electron chi connectivity index (χ1n) is 14.2. The lowest BCUT2D eigenvalue weighted by molar-refractivity contribution is -0.136. The molecule has 0 saturated heterocycles. The third kappa shape index (κ3) is 9.86.